The Morgan fingerprint density at radius 1 is 0.771 bits per heavy atom. The molecular weight excluding hydrogens is 436 g/mol. The summed E-state index contributed by atoms with van der Waals surface area (Å²) in [6, 6.07) is 19.7. The molecule has 0 aliphatic heterocycles. The van der Waals surface area contributed by atoms with E-state index in [-0.39, 0.29) is 5.97 Å². The fraction of sp³-hybridized carbons (Fsp3) is 0.452. The van der Waals surface area contributed by atoms with Crippen molar-refractivity contribution < 1.29 is 19.0 Å². The van der Waals surface area contributed by atoms with Gasteiger partial charge in [0.1, 0.15) is 18.1 Å². The largest absolute Gasteiger partial charge is 0.494 e. The van der Waals surface area contributed by atoms with Gasteiger partial charge in [0.25, 0.3) is 0 Å². The lowest BCUT2D eigenvalue weighted by Gasteiger charge is -2.11. The standard InChI is InChI=1S/C31H40O4/c1-4-6-7-8-9-10-19-33-29-17-15-28-21-30(18-16-27(28)20-29)34-23-25-11-13-26(14-12-25)31(32)35-22-24(3)5-2/h11-18,20-21,24H,4-10,19,22-23H2,1-3H3/t24-/m1/s1. The number of fused-ring (bicyclic) bond motifs is 1. The zero-order valence-electron chi connectivity index (χ0n) is 21.6. The van der Waals surface area contributed by atoms with Crippen LogP contribution in [0.15, 0.2) is 60.7 Å². The molecule has 0 saturated carbocycles. The van der Waals surface area contributed by atoms with Crippen LogP contribution in [-0.4, -0.2) is 19.2 Å². The summed E-state index contributed by atoms with van der Waals surface area (Å²) in [5, 5.41) is 2.26. The maximum absolute atomic E-state index is 12.2. The van der Waals surface area contributed by atoms with Crippen LogP contribution in [0.3, 0.4) is 0 Å². The number of rotatable bonds is 15. The third-order valence-electron chi connectivity index (χ3n) is 6.34. The van der Waals surface area contributed by atoms with Gasteiger partial charge in [0.2, 0.25) is 0 Å². The molecule has 0 amide bonds. The number of hydrogen-bond acceptors (Lipinski definition) is 4. The van der Waals surface area contributed by atoms with Crippen LogP contribution in [0.2, 0.25) is 0 Å². The van der Waals surface area contributed by atoms with Crippen LogP contribution < -0.4 is 9.47 Å². The van der Waals surface area contributed by atoms with Gasteiger partial charge in [0, 0.05) is 0 Å². The van der Waals surface area contributed by atoms with Crippen molar-refractivity contribution in [2.45, 2.75) is 72.3 Å². The second-order valence-corrected chi connectivity index (χ2v) is 9.38. The second-order valence-electron chi connectivity index (χ2n) is 9.38. The van der Waals surface area contributed by atoms with Gasteiger partial charge in [-0.25, -0.2) is 4.79 Å². The minimum Gasteiger partial charge on any atom is -0.494 e. The molecule has 0 fully saturated rings. The van der Waals surface area contributed by atoms with E-state index in [0.29, 0.717) is 24.7 Å². The third-order valence-corrected chi connectivity index (χ3v) is 6.34. The SMILES string of the molecule is CCCCCCCCOc1ccc2cc(OCc3ccc(C(=O)OC[C@H](C)CC)cc3)ccc2c1. The molecule has 0 heterocycles. The Bertz CT molecular complexity index is 1040. The molecule has 3 aromatic rings. The van der Waals surface area contributed by atoms with E-state index in [2.05, 4.69) is 39.0 Å². The van der Waals surface area contributed by atoms with Gasteiger partial charge < -0.3 is 14.2 Å². The highest BCUT2D eigenvalue weighted by Gasteiger charge is 2.09. The van der Waals surface area contributed by atoms with Crippen molar-refractivity contribution in [1.82, 2.24) is 0 Å². The van der Waals surface area contributed by atoms with E-state index in [0.717, 1.165) is 47.3 Å². The molecule has 35 heavy (non-hydrogen) atoms. The number of carbonyl (C=O) groups excluding carboxylic acids is 1. The summed E-state index contributed by atoms with van der Waals surface area (Å²) in [7, 11) is 0. The van der Waals surface area contributed by atoms with E-state index < -0.39 is 0 Å². The monoisotopic (exact) mass is 476 g/mol. The predicted octanol–water partition coefficient (Wildman–Crippen LogP) is 8.36. The summed E-state index contributed by atoms with van der Waals surface area (Å²) in [6.07, 6.45) is 8.57. The Kier molecular flexibility index (Phi) is 10.9. The molecule has 0 aliphatic rings. The van der Waals surface area contributed by atoms with Crippen molar-refractivity contribution in [3.63, 3.8) is 0 Å². The van der Waals surface area contributed by atoms with Crippen LogP contribution in [0.25, 0.3) is 10.8 Å². The first kappa shape index (κ1) is 26.6. The van der Waals surface area contributed by atoms with Gasteiger partial charge in [-0.3, -0.25) is 0 Å². The normalized spacial score (nSPS) is 11.9. The highest BCUT2D eigenvalue weighted by molar-refractivity contribution is 5.89. The number of hydrogen-bond donors (Lipinski definition) is 0. The molecule has 0 N–H and O–H groups in total. The van der Waals surface area contributed by atoms with Crippen LogP contribution >= 0.6 is 0 Å². The van der Waals surface area contributed by atoms with E-state index in [9.17, 15) is 4.79 Å². The fourth-order valence-electron chi connectivity index (χ4n) is 3.78. The second kappa shape index (κ2) is 14.4. The molecule has 0 spiro atoms. The summed E-state index contributed by atoms with van der Waals surface area (Å²) in [5.74, 6) is 1.83. The molecule has 0 bridgehead atoms. The lowest BCUT2D eigenvalue weighted by molar-refractivity contribution is 0.0447. The maximum Gasteiger partial charge on any atom is 0.338 e. The van der Waals surface area contributed by atoms with Crippen LogP contribution in [0.1, 0.15) is 81.6 Å². The summed E-state index contributed by atoms with van der Waals surface area (Å²) in [4.78, 5) is 12.2. The molecule has 0 saturated heterocycles. The number of ether oxygens (including phenoxy) is 3. The molecule has 0 radical (unpaired) electrons. The molecule has 4 heteroatoms. The molecule has 0 aliphatic carbocycles. The van der Waals surface area contributed by atoms with Gasteiger partial charge in [-0.05, 0) is 65.1 Å². The topological polar surface area (TPSA) is 44.8 Å². The Morgan fingerprint density at radius 2 is 1.40 bits per heavy atom. The Morgan fingerprint density at radius 3 is 2.06 bits per heavy atom. The maximum atomic E-state index is 12.2. The number of unbranched alkanes of at least 4 members (excludes halogenated alkanes) is 5. The van der Waals surface area contributed by atoms with E-state index in [4.69, 9.17) is 14.2 Å². The van der Waals surface area contributed by atoms with Crippen molar-refractivity contribution in [3.05, 3.63) is 71.8 Å². The van der Waals surface area contributed by atoms with Crippen molar-refractivity contribution in [1.29, 1.82) is 0 Å². The van der Waals surface area contributed by atoms with Gasteiger partial charge in [0.05, 0.1) is 18.8 Å². The first-order chi connectivity index (χ1) is 17.1. The van der Waals surface area contributed by atoms with Crippen LogP contribution in [0.4, 0.5) is 0 Å². The van der Waals surface area contributed by atoms with Crippen molar-refractivity contribution in [2.24, 2.45) is 5.92 Å². The highest BCUT2D eigenvalue weighted by Crippen LogP contribution is 2.26. The quantitative estimate of drug-likeness (QED) is 0.163. The van der Waals surface area contributed by atoms with Crippen LogP contribution in [0.5, 0.6) is 11.5 Å². The summed E-state index contributed by atoms with van der Waals surface area (Å²) in [5.41, 5.74) is 1.57. The number of carbonyl (C=O) groups is 1. The lowest BCUT2D eigenvalue weighted by atomic mass is 10.1. The Hall–Kier alpha value is -3.01. The molecule has 3 aromatic carbocycles. The van der Waals surface area contributed by atoms with Gasteiger partial charge in [-0.15, -0.1) is 0 Å². The molecule has 0 unspecified atom stereocenters. The van der Waals surface area contributed by atoms with Gasteiger partial charge in [-0.2, -0.15) is 0 Å². The van der Waals surface area contributed by atoms with Gasteiger partial charge in [0.15, 0.2) is 0 Å². The van der Waals surface area contributed by atoms with Crippen LogP contribution in [-0.2, 0) is 11.3 Å². The molecule has 0 aromatic heterocycles. The minimum absolute atomic E-state index is 0.275. The average Bonchev–Trinajstić information content (AvgIpc) is 2.90. The summed E-state index contributed by atoms with van der Waals surface area (Å²) >= 11 is 0. The Labute approximate surface area is 210 Å². The van der Waals surface area contributed by atoms with Crippen molar-refractivity contribution >= 4 is 16.7 Å². The van der Waals surface area contributed by atoms with Crippen LogP contribution in [0, 0.1) is 5.92 Å². The lowest BCUT2D eigenvalue weighted by Crippen LogP contribution is -2.11. The zero-order chi connectivity index (χ0) is 24.9. The molecule has 4 nitrogen and oxygen atoms in total. The van der Waals surface area contributed by atoms with Crippen molar-refractivity contribution in [2.75, 3.05) is 13.2 Å². The molecule has 1 atom stereocenters. The smallest absolute Gasteiger partial charge is 0.338 e. The van der Waals surface area contributed by atoms with Crippen molar-refractivity contribution in [3.8, 4) is 11.5 Å². The van der Waals surface area contributed by atoms with Gasteiger partial charge >= 0.3 is 5.97 Å². The summed E-state index contributed by atoms with van der Waals surface area (Å²) in [6.45, 7) is 8.07. The minimum atomic E-state index is -0.275. The highest BCUT2D eigenvalue weighted by atomic mass is 16.5. The summed E-state index contributed by atoms with van der Waals surface area (Å²) < 4.78 is 17.3. The first-order valence-electron chi connectivity index (χ1n) is 13.1. The molecule has 188 valence electrons. The van der Waals surface area contributed by atoms with Gasteiger partial charge in [-0.1, -0.05) is 83.6 Å². The predicted molar refractivity (Wildman–Crippen MR) is 143 cm³/mol. The van der Waals surface area contributed by atoms with E-state index in [1.54, 1.807) is 12.1 Å². The molecule has 3 rings (SSSR count). The number of benzene rings is 3. The fourth-order valence-corrected chi connectivity index (χ4v) is 3.78. The zero-order valence-corrected chi connectivity index (χ0v) is 21.6. The van der Waals surface area contributed by atoms with E-state index >= 15 is 0 Å². The number of esters is 1. The first-order valence-corrected chi connectivity index (χ1v) is 13.1. The Balaban J connectivity index is 1.46. The van der Waals surface area contributed by atoms with E-state index in [1.807, 2.05) is 30.3 Å². The average molecular weight is 477 g/mol. The van der Waals surface area contributed by atoms with E-state index in [1.165, 1.54) is 32.1 Å². The molecular formula is C31H40O4. The third kappa shape index (κ3) is 8.93.